The van der Waals surface area contributed by atoms with Gasteiger partial charge in [-0.05, 0) is 18.6 Å². The van der Waals surface area contributed by atoms with Crippen molar-refractivity contribution in [2.45, 2.75) is 6.92 Å². The lowest BCUT2D eigenvalue weighted by molar-refractivity contribution is 0.101. The fourth-order valence-electron chi connectivity index (χ4n) is 2.03. The van der Waals surface area contributed by atoms with Crippen LogP contribution >= 0.6 is 0 Å². The van der Waals surface area contributed by atoms with Crippen LogP contribution in [0.5, 0.6) is 0 Å². The summed E-state index contributed by atoms with van der Waals surface area (Å²) in [5.74, 6) is -0.369. The van der Waals surface area contributed by atoms with Gasteiger partial charge in [-0.25, -0.2) is 0 Å². The first-order valence-corrected chi connectivity index (χ1v) is 6.01. The molecule has 2 rings (SSSR count). The van der Waals surface area contributed by atoms with Crippen molar-refractivity contribution >= 4 is 11.6 Å². The second kappa shape index (κ2) is 5.44. The highest BCUT2D eigenvalue weighted by atomic mass is 16.1. The monoisotopic (exact) mass is 250 g/mol. The number of ketones is 2. The fraction of sp³-hybridized carbons (Fsp3) is 0.0588. The van der Waals surface area contributed by atoms with Gasteiger partial charge < -0.3 is 0 Å². The molecule has 2 nitrogen and oxygen atoms in total. The molecule has 0 aliphatic heterocycles. The molecule has 94 valence electrons. The van der Waals surface area contributed by atoms with Gasteiger partial charge in [-0.3, -0.25) is 9.59 Å². The van der Waals surface area contributed by atoms with Crippen molar-refractivity contribution in [3.63, 3.8) is 0 Å². The number of benzene rings is 2. The van der Waals surface area contributed by atoms with Crippen LogP contribution in [0.2, 0.25) is 0 Å². The summed E-state index contributed by atoms with van der Waals surface area (Å²) in [6.45, 7) is 5.31. The molecule has 0 aliphatic carbocycles. The topological polar surface area (TPSA) is 34.1 Å². The number of rotatable bonds is 4. The van der Waals surface area contributed by atoms with Gasteiger partial charge in [0.1, 0.15) is 0 Å². The molecule has 2 heteroatoms. The van der Waals surface area contributed by atoms with Crippen LogP contribution in [0.15, 0.2) is 61.2 Å². The first kappa shape index (κ1) is 13.0. The van der Waals surface area contributed by atoms with E-state index in [1.807, 2.05) is 19.1 Å². The van der Waals surface area contributed by atoms with E-state index in [0.717, 1.165) is 5.56 Å². The maximum atomic E-state index is 12.5. The molecule has 0 saturated heterocycles. The Morgan fingerprint density at radius 2 is 1.68 bits per heavy atom. The zero-order valence-corrected chi connectivity index (χ0v) is 10.7. The second-order valence-electron chi connectivity index (χ2n) is 4.26. The maximum Gasteiger partial charge on any atom is 0.193 e. The van der Waals surface area contributed by atoms with Crippen LogP contribution in [-0.4, -0.2) is 11.6 Å². The van der Waals surface area contributed by atoms with Gasteiger partial charge in [-0.2, -0.15) is 0 Å². The third kappa shape index (κ3) is 2.52. The molecule has 0 N–H and O–H groups in total. The van der Waals surface area contributed by atoms with Gasteiger partial charge in [0.15, 0.2) is 11.6 Å². The van der Waals surface area contributed by atoms with Gasteiger partial charge in [-0.1, -0.05) is 55.1 Å². The molecule has 19 heavy (non-hydrogen) atoms. The summed E-state index contributed by atoms with van der Waals surface area (Å²) in [5.41, 5.74) is 2.22. The Kier molecular flexibility index (Phi) is 3.71. The Labute approximate surface area is 112 Å². The lowest BCUT2D eigenvalue weighted by Crippen LogP contribution is -2.10. The highest BCUT2D eigenvalue weighted by Gasteiger charge is 2.18. The van der Waals surface area contributed by atoms with Gasteiger partial charge in [0.2, 0.25) is 0 Å². The third-order valence-corrected chi connectivity index (χ3v) is 2.99. The molecule has 0 saturated carbocycles. The first-order chi connectivity index (χ1) is 9.15. The fourth-order valence-corrected chi connectivity index (χ4v) is 2.03. The number of hydrogen-bond acceptors (Lipinski definition) is 2. The van der Waals surface area contributed by atoms with Crippen molar-refractivity contribution in [2.24, 2.45) is 0 Å². The van der Waals surface area contributed by atoms with E-state index in [4.69, 9.17) is 0 Å². The lowest BCUT2D eigenvalue weighted by Gasteiger charge is -2.09. The summed E-state index contributed by atoms with van der Waals surface area (Å²) in [7, 11) is 0. The number of hydrogen-bond donors (Lipinski definition) is 0. The molecule has 0 amide bonds. The zero-order chi connectivity index (χ0) is 13.8. The van der Waals surface area contributed by atoms with Crippen molar-refractivity contribution in [1.82, 2.24) is 0 Å². The molecule has 0 bridgehead atoms. The first-order valence-electron chi connectivity index (χ1n) is 6.01. The molecule has 0 fully saturated rings. The minimum absolute atomic E-state index is 0.144. The molecule has 2 aromatic rings. The molecule has 0 unspecified atom stereocenters. The van der Waals surface area contributed by atoms with E-state index in [2.05, 4.69) is 6.58 Å². The normalized spacial score (nSPS) is 9.95. The second-order valence-corrected chi connectivity index (χ2v) is 4.26. The molecule has 0 atom stereocenters. The Balaban J connectivity index is 2.57. The standard InChI is InChI=1S/C17H14O2/c1-3-15(18)16-12(2)8-7-11-14(16)17(19)13-9-5-4-6-10-13/h3-11H,1H2,2H3. The van der Waals surface area contributed by atoms with Crippen molar-refractivity contribution in [3.05, 3.63) is 83.4 Å². The van der Waals surface area contributed by atoms with Crippen LogP contribution in [0.1, 0.15) is 31.8 Å². The van der Waals surface area contributed by atoms with Gasteiger partial charge >= 0.3 is 0 Å². The van der Waals surface area contributed by atoms with Gasteiger partial charge in [0.25, 0.3) is 0 Å². The van der Waals surface area contributed by atoms with Crippen molar-refractivity contribution in [3.8, 4) is 0 Å². The van der Waals surface area contributed by atoms with Crippen LogP contribution in [0.25, 0.3) is 0 Å². The van der Waals surface area contributed by atoms with Gasteiger partial charge in [0, 0.05) is 16.7 Å². The predicted molar refractivity (Wildman–Crippen MR) is 75.6 cm³/mol. The lowest BCUT2D eigenvalue weighted by atomic mass is 9.93. The molecule has 0 aromatic heterocycles. The van der Waals surface area contributed by atoms with Crippen LogP contribution in [-0.2, 0) is 0 Å². The average Bonchev–Trinajstić information content (AvgIpc) is 2.46. The summed E-state index contributed by atoms with van der Waals surface area (Å²) in [6.07, 6.45) is 1.24. The molecular formula is C17H14O2. The van der Waals surface area contributed by atoms with E-state index in [0.29, 0.717) is 16.7 Å². The van der Waals surface area contributed by atoms with Crippen LogP contribution < -0.4 is 0 Å². The van der Waals surface area contributed by atoms with Crippen LogP contribution in [0.3, 0.4) is 0 Å². The Bertz CT molecular complexity index is 640. The maximum absolute atomic E-state index is 12.5. The van der Waals surface area contributed by atoms with E-state index in [1.165, 1.54) is 6.08 Å². The number of carbonyl (C=O) groups is 2. The minimum atomic E-state index is -0.225. The summed E-state index contributed by atoms with van der Waals surface area (Å²) < 4.78 is 0. The molecular weight excluding hydrogens is 236 g/mol. The van der Waals surface area contributed by atoms with Crippen LogP contribution in [0, 0.1) is 6.92 Å². The molecule has 0 radical (unpaired) electrons. The quantitative estimate of drug-likeness (QED) is 0.613. The molecule has 0 heterocycles. The van der Waals surface area contributed by atoms with Gasteiger partial charge in [-0.15, -0.1) is 0 Å². The Morgan fingerprint density at radius 3 is 2.32 bits per heavy atom. The number of carbonyl (C=O) groups excluding carboxylic acids is 2. The molecule has 0 aliphatic rings. The molecule has 2 aromatic carbocycles. The van der Waals surface area contributed by atoms with Crippen LogP contribution in [0.4, 0.5) is 0 Å². The highest BCUT2D eigenvalue weighted by molar-refractivity contribution is 6.18. The summed E-state index contributed by atoms with van der Waals surface area (Å²) in [4.78, 5) is 24.4. The summed E-state index contributed by atoms with van der Waals surface area (Å²) >= 11 is 0. The highest BCUT2D eigenvalue weighted by Crippen LogP contribution is 2.19. The third-order valence-electron chi connectivity index (χ3n) is 2.99. The van der Waals surface area contributed by atoms with Crippen molar-refractivity contribution in [1.29, 1.82) is 0 Å². The SMILES string of the molecule is C=CC(=O)c1c(C)cccc1C(=O)c1ccccc1. The number of aryl methyl sites for hydroxylation is 1. The van der Waals surface area contributed by atoms with Crippen molar-refractivity contribution < 1.29 is 9.59 Å². The predicted octanol–water partition coefficient (Wildman–Crippen LogP) is 3.59. The molecule has 0 spiro atoms. The van der Waals surface area contributed by atoms with E-state index in [9.17, 15) is 9.59 Å². The average molecular weight is 250 g/mol. The minimum Gasteiger partial charge on any atom is -0.289 e. The number of allylic oxidation sites excluding steroid dienone is 1. The smallest absolute Gasteiger partial charge is 0.193 e. The summed E-state index contributed by atoms with van der Waals surface area (Å²) in [5, 5.41) is 0. The van der Waals surface area contributed by atoms with E-state index in [-0.39, 0.29) is 11.6 Å². The van der Waals surface area contributed by atoms with E-state index < -0.39 is 0 Å². The zero-order valence-electron chi connectivity index (χ0n) is 10.7. The Morgan fingerprint density at radius 1 is 1.00 bits per heavy atom. The van der Waals surface area contributed by atoms with Crippen molar-refractivity contribution in [2.75, 3.05) is 0 Å². The Hall–Kier alpha value is -2.48. The summed E-state index contributed by atoms with van der Waals surface area (Å²) in [6, 6.07) is 14.2. The van der Waals surface area contributed by atoms with E-state index in [1.54, 1.807) is 36.4 Å². The van der Waals surface area contributed by atoms with E-state index >= 15 is 0 Å². The largest absolute Gasteiger partial charge is 0.289 e. The van der Waals surface area contributed by atoms with Gasteiger partial charge in [0.05, 0.1) is 0 Å².